The lowest BCUT2D eigenvalue weighted by Gasteiger charge is -2.34. The van der Waals surface area contributed by atoms with Crippen molar-refractivity contribution in [3.8, 4) is 6.07 Å². The molecule has 1 aromatic rings. The van der Waals surface area contributed by atoms with Crippen LogP contribution in [0.5, 0.6) is 0 Å². The van der Waals surface area contributed by atoms with Crippen molar-refractivity contribution in [2.24, 2.45) is 5.41 Å². The molecule has 0 N–H and O–H groups in total. The van der Waals surface area contributed by atoms with E-state index >= 15 is 0 Å². The average Bonchev–Trinajstić information content (AvgIpc) is 3.08. The minimum absolute atomic E-state index is 0.521. The number of nitrogens with zero attached hydrogens (tertiary/aromatic N) is 3. The van der Waals surface area contributed by atoms with Crippen LogP contribution in [0, 0.1) is 16.7 Å². The predicted molar refractivity (Wildman–Crippen MR) is 62.1 cm³/mol. The maximum atomic E-state index is 8.84. The van der Waals surface area contributed by atoms with E-state index in [1.807, 2.05) is 12.1 Å². The van der Waals surface area contributed by atoms with Crippen LogP contribution in [-0.4, -0.2) is 18.1 Å². The fourth-order valence-electron chi connectivity index (χ4n) is 2.69. The standard InChI is InChI=1S/C13H15N3/c14-9-11-8-12(2-6-15-11)16-7-1-3-13(10-16)4-5-13/h2,6,8H,1,3-5,7,10H2. The van der Waals surface area contributed by atoms with Gasteiger partial charge in [-0.1, -0.05) is 0 Å². The molecule has 16 heavy (non-hydrogen) atoms. The van der Waals surface area contributed by atoms with E-state index in [2.05, 4.69) is 16.0 Å². The highest BCUT2D eigenvalue weighted by atomic mass is 15.2. The van der Waals surface area contributed by atoms with Gasteiger partial charge in [0.05, 0.1) is 0 Å². The molecule has 0 radical (unpaired) electrons. The zero-order chi connectivity index (χ0) is 11.0. The Balaban J connectivity index is 1.83. The van der Waals surface area contributed by atoms with Crippen molar-refractivity contribution >= 4 is 5.69 Å². The summed E-state index contributed by atoms with van der Waals surface area (Å²) in [7, 11) is 0. The lowest BCUT2D eigenvalue weighted by molar-refractivity contribution is 0.395. The van der Waals surface area contributed by atoms with Crippen LogP contribution < -0.4 is 4.90 Å². The molecule has 3 heteroatoms. The normalized spacial score (nSPS) is 21.8. The summed E-state index contributed by atoms with van der Waals surface area (Å²) in [6.45, 7) is 2.29. The van der Waals surface area contributed by atoms with Crippen molar-refractivity contribution < 1.29 is 0 Å². The van der Waals surface area contributed by atoms with E-state index in [0.29, 0.717) is 11.1 Å². The zero-order valence-corrected chi connectivity index (χ0v) is 9.32. The van der Waals surface area contributed by atoms with E-state index in [9.17, 15) is 0 Å². The molecule has 0 unspecified atom stereocenters. The van der Waals surface area contributed by atoms with E-state index in [4.69, 9.17) is 5.26 Å². The summed E-state index contributed by atoms with van der Waals surface area (Å²) in [5, 5.41) is 8.84. The van der Waals surface area contributed by atoms with Gasteiger partial charge >= 0.3 is 0 Å². The lowest BCUT2D eigenvalue weighted by atomic mass is 9.95. The minimum atomic E-state index is 0.521. The second-order valence-electron chi connectivity index (χ2n) is 5.04. The fourth-order valence-corrected chi connectivity index (χ4v) is 2.69. The maximum absolute atomic E-state index is 8.84. The van der Waals surface area contributed by atoms with E-state index in [0.717, 1.165) is 12.2 Å². The number of anilines is 1. The van der Waals surface area contributed by atoms with Gasteiger partial charge in [-0.2, -0.15) is 5.26 Å². The Morgan fingerprint density at radius 3 is 3.00 bits per heavy atom. The molecule has 2 fully saturated rings. The Morgan fingerprint density at radius 1 is 1.38 bits per heavy atom. The first-order valence-electron chi connectivity index (χ1n) is 5.93. The summed E-state index contributed by atoms with van der Waals surface area (Å²) < 4.78 is 0. The van der Waals surface area contributed by atoms with Gasteiger partial charge in [-0.3, -0.25) is 0 Å². The third-order valence-electron chi connectivity index (χ3n) is 3.84. The van der Waals surface area contributed by atoms with Crippen LogP contribution in [0.1, 0.15) is 31.4 Å². The van der Waals surface area contributed by atoms with Crippen molar-refractivity contribution in [1.29, 1.82) is 5.26 Å². The van der Waals surface area contributed by atoms with Crippen LogP contribution in [0.4, 0.5) is 5.69 Å². The summed E-state index contributed by atoms with van der Waals surface area (Å²) in [6.07, 6.45) is 7.19. The molecule has 0 amide bonds. The molecule has 1 spiro atoms. The predicted octanol–water partition coefficient (Wildman–Crippen LogP) is 2.33. The monoisotopic (exact) mass is 213 g/mol. The number of rotatable bonds is 1. The molecular formula is C13H15N3. The van der Waals surface area contributed by atoms with Gasteiger partial charge in [0.25, 0.3) is 0 Å². The molecule has 82 valence electrons. The van der Waals surface area contributed by atoms with Gasteiger partial charge in [0.15, 0.2) is 0 Å². The van der Waals surface area contributed by atoms with Crippen LogP contribution in [-0.2, 0) is 0 Å². The molecular weight excluding hydrogens is 198 g/mol. The van der Waals surface area contributed by atoms with Crippen molar-refractivity contribution in [2.75, 3.05) is 18.0 Å². The minimum Gasteiger partial charge on any atom is -0.371 e. The Labute approximate surface area is 95.7 Å². The average molecular weight is 213 g/mol. The van der Waals surface area contributed by atoms with Gasteiger partial charge in [-0.15, -0.1) is 0 Å². The molecule has 0 aromatic carbocycles. The van der Waals surface area contributed by atoms with Gasteiger partial charge in [-0.05, 0) is 43.2 Å². The molecule has 1 aliphatic heterocycles. The first-order valence-corrected chi connectivity index (χ1v) is 5.93. The van der Waals surface area contributed by atoms with Crippen LogP contribution in [0.2, 0.25) is 0 Å². The van der Waals surface area contributed by atoms with Crippen LogP contribution in [0.15, 0.2) is 18.3 Å². The zero-order valence-electron chi connectivity index (χ0n) is 9.32. The molecule has 1 aliphatic carbocycles. The Hall–Kier alpha value is -1.56. The molecule has 2 heterocycles. The second kappa shape index (κ2) is 3.48. The van der Waals surface area contributed by atoms with E-state index in [1.54, 1.807) is 6.20 Å². The summed E-state index contributed by atoms with van der Waals surface area (Å²) in [4.78, 5) is 6.43. The summed E-state index contributed by atoms with van der Waals surface area (Å²) in [6, 6.07) is 6.03. The van der Waals surface area contributed by atoms with Crippen molar-refractivity contribution in [2.45, 2.75) is 25.7 Å². The SMILES string of the molecule is N#Cc1cc(N2CCCC3(CC3)C2)ccn1. The topological polar surface area (TPSA) is 39.9 Å². The molecule has 0 bridgehead atoms. The Morgan fingerprint density at radius 2 is 2.25 bits per heavy atom. The van der Waals surface area contributed by atoms with E-state index in [-0.39, 0.29) is 0 Å². The molecule has 1 aromatic heterocycles. The Bertz CT molecular complexity index is 443. The highest BCUT2D eigenvalue weighted by molar-refractivity contribution is 5.49. The van der Waals surface area contributed by atoms with Gasteiger partial charge in [0, 0.05) is 25.0 Å². The fraction of sp³-hybridized carbons (Fsp3) is 0.538. The second-order valence-corrected chi connectivity index (χ2v) is 5.04. The molecule has 3 nitrogen and oxygen atoms in total. The lowest BCUT2D eigenvalue weighted by Crippen LogP contribution is -2.36. The Kier molecular flexibility index (Phi) is 2.10. The number of hydrogen-bond acceptors (Lipinski definition) is 3. The van der Waals surface area contributed by atoms with E-state index in [1.165, 1.54) is 32.2 Å². The van der Waals surface area contributed by atoms with Crippen LogP contribution in [0.25, 0.3) is 0 Å². The first kappa shape index (κ1) is 9.65. The third-order valence-corrected chi connectivity index (χ3v) is 3.84. The summed E-state index contributed by atoms with van der Waals surface area (Å²) in [5.41, 5.74) is 2.30. The molecule has 0 atom stereocenters. The molecule has 3 rings (SSSR count). The summed E-state index contributed by atoms with van der Waals surface area (Å²) in [5.74, 6) is 0. The molecule has 1 saturated carbocycles. The third kappa shape index (κ3) is 1.65. The number of hydrogen-bond donors (Lipinski definition) is 0. The van der Waals surface area contributed by atoms with Gasteiger partial charge in [0.2, 0.25) is 0 Å². The van der Waals surface area contributed by atoms with Gasteiger partial charge < -0.3 is 4.90 Å². The van der Waals surface area contributed by atoms with Crippen molar-refractivity contribution in [3.63, 3.8) is 0 Å². The number of nitriles is 1. The molecule has 2 aliphatic rings. The molecule has 1 saturated heterocycles. The highest BCUT2D eigenvalue weighted by Gasteiger charge is 2.45. The maximum Gasteiger partial charge on any atom is 0.142 e. The number of piperidine rings is 1. The quantitative estimate of drug-likeness (QED) is 0.718. The van der Waals surface area contributed by atoms with Crippen LogP contribution in [0.3, 0.4) is 0 Å². The van der Waals surface area contributed by atoms with E-state index < -0.39 is 0 Å². The van der Waals surface area contributed by atoms with Gasteiger partial charge in [-0.25, -0.2) is 4.98 Å². The van der Waals surface area contributed by atoms with Gasteiger partial charge in [0.1, 0.15) is 11.8 Å². The smallest absolute Gasteiger partial charge is 0.142 e. The number of aromatic nitrogens is 1. The largest absolute Gasteiger partial charge is 0.371 e. The highest BCUT2D eigenvalue weighted by Crippen LogP contribution is 2.52. The van der Waals surface area contributed by atoms with Crippen molar-refractivity contribution in [1.82, 2.24) is 4.98 Å². The summed E-state index contributed by atoms with van der Waals surface area (Å²) >= 11 is 0. The first-order chi connectivity index (χ1) is 7.81. The van der Waals surface area contributed by atoms with Crippen LogP contribution >= 0.6 is 0 Å². The number of pyridine rings is 1. The van der Waals surface area contributed by atoms with Crippen molar-refractivity contribution in [3.05, 3.63) is 24.0 Å².